The van der Waals surface area contributed by atoms with E-state index < -0.39 is 32.2 Å². The maximum atomic E-state index is 13.0. The highest BCUT2D eigenvalue weighted by Crippen LogP contribution is 2.24. The molecular weight excluding hydrogens is 367 g/mol. The van der Waals surface area contributed by atoms with Crippen LogP contribution >= 0.6 is 0 Å². The van der Waals surface area contributed by atoms with Gasteiger partial charge < -0.3 is 0 Å². The molecule has 7 heteroatoms. The van der Waals surface area contributed by atoms with E-state index in [0.29, 0.717) is 10.9 Å². The van der Waals surface area contributed by atoms with Crippen LogP contribution < -0.4 is 0 Å². The lowest BCUT2D eigenvalue weighted by molar-refractivity contribution is 0.102. The van der Waals surface area contributed by atoms with Crippen molar-refractivity contribution >= 4 is 26.5 Å². The molecule has 0 spiro atoms. The van der Waals surface area contributed by atoms with E-state index in [0.717, 1.165) is 23.3 Å². The number of aromatic nitrogens is 1. The first-order chi connectivity index (χ1) is 12.7. The molecule has 5 nitrogen and oxygen atoms in total. The number of aryl methyl sites for hydroxylation is 2. The van der Waals surface area contributed by atoms with E-state index >= 15 is 0 Å². The molecule has 0 aliphatic heterocycles. The van der Waals surface area contributed by atoms with E-state index in [2.05, 4.69) is 4.98 Å². The number of Topliss-reactive ketones (excluding diaryl/α,β-unsaturated/α-hetero) is 1. The number of carbonyl (C=O) groups is 1. The maximum Gasteiger partial charge on any atom is 0.204 e. The van der Waals surface area contributed by atoms with Crippen molar-refractivity contribution in [3.05, 3.63) is 70.5 Å². The van der Waals surface area contributed by atoms with Gasteiger partial charge >= 0.3 is 0 Å². The molecule has 0 bridgehead atoms. The van der Waals surface area contributed by atoms with Crippen LogP contribution in [0.4, 0.5) is 4.39 Å². The normalized spacial score (nSPS) is 11.3. The monoisotopic (exact) mass is 382 g/mol. The molecule has 27 heavy (non-hydrogen) atoms. The minimum atomic E-state index is -4.15. The van der Waals surface area contributed by atoms with Crippen LogP contribution in [0, 0.1) is 31.0 Å². The second-order valence-corrected chi connectivity index (χ2v) is 8.18. The zero-order valence-corrected chi connectivity index (χ0v) is 15.5. The van der Waals surface area contributed by atoms with Crippen molar-refractivity contribution in [2.24, 2.45) is 0 Å². The number of rotatable bonds is 4. The summed E-state index contributed by atoms with van der Waals surface area (Å²) < 4.78 is 38.5. The predicted molar refractivity (Wildman–Crippen MR) is 98.7 cm³/mol. The summed E-state index contributed by atoms with van der Waals surface area (Å²) in [5.41, 5.74) is 2.33. The Hall–Kier alpha value is -3.11. The fourth-order valence-corrected chi connectivity index (χ4v) is 4.03. The molecule has 0 radical (unpaired) electrons. The molecule has 1 heterocycles. The number of hydrogen-bond acceptors (Lipinski definition) is 5. The van der Waals surface area contributed by atoms with Gasteiger partial charge in [-0.05, 0) is 67.4 Å². The summed E-state index contributed by atoms with van der Waals surface area (Å²) >= 11 is 0. The Morgan fingerprint density at radius 1 is 1.11 bits per heavy atom. The molecule has 0 aliphatic carbocycles. The van der Waals surface area contributed by atoms with Crippen LogP contribution in [0.25, 0.3) is 10.9 Å². The molecule has 0 atom stereocenters. The highest BCUT2D eigenvalue weighted by Gasteiger charge is 2.26. The molecule has 0 aliphatic rings. The molecule has 2 aromatic carbocycles. The number of pyridine rings is 1. The zero-order chi connectivity index (χ0) is 19.8. The number of nitriles is 1. The van der Waals surface area contributed by atoms with Gasteiger partial charge in [-0.15, -0.1) is 0 Å². The first-order valence-corrected chi connectivity index (χ1v) is 9.70. The summed E-state index contributed by atoms with van der Waals surface area (Å²) in [6.07, 6.45) is 0. The van der Waals surface area contributed by atoms with E-state index in [1.54, 1.807) is 6.07 Å². The Bertz CT molecular complexity index is 1210. The van der Waals surface area contributed by atoms with Gasteiger partial charge in [0.15, 0.2) is 10.8 Å². The van der Waals surface area contributed by atoms with Crippen LogP contribution in [0.15, 0.2) is 47.5 Å². The predicted octanol–water partition coefficient (Wildman–Crippen LogP) is 3.52. The molecule has 1 aromatic heterocycles. The molecule has 0 unspecified atom stereocenters. The number of benzene rings is 2. The molecule has 0 saturated carbocycles. The van der Waals surface area contributed by atoms with E-state index in [9.17, 15) is 22.9 Å². The summed E-state index contributed by atoms with van der Waals surface area (Å²) in [7, 11) is -4.15. The Kier molecular flexibility index (Phi) is 4.77. The second-order valence-electron chi connectivity index (χ2n) is 6.27. The Labute approximate surface area is 156 Å². The topological polar surface area (TPSA) is 87.9 Å². The van der Waals surface area contributed by atoms with Gasteiger partial charge in [-0.25, -0.2) is 17.8 Å². The molecule has 0 N–H and O–H groups in total. The van der Waals surface area contributed by atoms with Crippen molar-refractivity contribution in [3.63, 3.8) is 0 Å². The van der Waals surface area contributed by atoms with Crippen molar-refractivity contribution in [2.45, 2.75) is 18.9 Å². The summed E-state index contributed by atoms with van der Waals surface area (Å²) in [4.78, 5) is 16.5. The van der Waals surface area contributed by atoms with Crippen LogP contribution in [0.2, 0.25) is 0 Å². The first-order valence-electron chi connectivity index (χ1n) is 8.05. The second kappa shape index (κ2) is 6.89. The van der Waals surface area contributed by atoms with Crippen LogP contribution in [0.5, 0.6) is 0 Å². The highest BCUT2D eigenvalue weighted by molar-refractivity contribution is 7.92. The Balaban J connectivity index is 2.06. The standard InChI is InChI=1S/C20H15FN2O3S/c1-12-7-15-9-16(10-22)20(23-18(15)8-13(12)2)27(25,26)11-19(24)14-3-5-17(21)6-4-14/h3-9H,11H2,1-2H3. The fourth-order valence-electron chi connectivity index (χ4n) is 2.70. The van der Waals surface area contributed by atoms with E-state index in [-0.39, 0.29) is 11.1 Å². The third-order valence-electron chi connectivity index (χ3n) is 4.30. The van der Waals surface area contributed by atoms with Crippen molar-refractivity contribution < 1.29 is 17.6 Å². The third kappa shape index (κ3) is 3.71. The number of nitrogens with zero attached hydrogens (tertiary/aromatic N) is 2. The van der Waals surface area contributed by atoms with Crippen molar-refractivity contribution in [1.82, 2.24) is 4.98 Å². The van der Waals surface area contributed by atoms with Gasteiger partial charge in [0.05, 0.1) is 11.1 Å². The van der Waals surface area contributed by atoms with Crippen LogP contribution in [-0.4, -0.2) is 24.9 Å². The van der Waals surface area contributed by atoms with Crippen LogP contribution in [0.1, 0.15) is 27.0 Å². The fraction of sp³-hybridized carbons (Fsp3) is 0.150. The first kappa shape index (κ1) is 18.7. The number of sulfone groups is 1. The van der Waals surface area contributed by atoms with Gasteiger partial charge in [0, 0.05) is 10.9 Å². The number of hydrogen-bond donors (Lipinski definition) is 0. The van der Waals surface area contributed by atoms with Crippen LogP contribution in [-0.2, 0) is 9.84 Å². The summed E-state index contributed by atoms with van der Waals surface area (Å²) in [5, 5.41) is 9.60. The Morgan fingerprint density at radius 3 is 2.37 bits per heavy atom. The largest absolute Gasteiger partial charge is 0.293 e. The van der Waals surface area contributed by atoms with Gasteiger partial charge in [0.25, 0.3) is 0 Å². The Morgan fingerprint density at radius 2 is 1.74 bits per heavy atom. The number of halogens is 1. The number of carbonyl (C=O) groups excluding carboxylic acids is 1. The third-order valence-corrected chi connectivity index (χ3v) is 5.84. The summed E-state index contributed by atoms with van der Waals surface area (Å²) in [6, 6.07) is 11.5. The van der Waals surface area contributed by atoms with Crippen molar-refractivity contribution in [2.75, 3.05) is 5.75 Å². The molecule has 3 aromatic rings. The van der Waals surface area contributed by atoms with E-state index in [1.165, 1.54) is 18.2 Å². The summed E-state index contributed by atoms with van der Waals surface area (Å²) in [6.45, 7) is 3.79. The average molecular weight is 382 g/mol. The molecule has 0 amide bonds. The number of ketones is 1. The molecular formula is C20H15FN2O3S. The van der Waals surface area contributed by atoms with Crippen molar-refractivity contribution in [1.29, 1.82) is 5.26 Å². The molecule has 136 valence electrons. The van der Waals surface area contributed by atoms with Gasteiger partial charge in [-0.1, -0.05) is 0 Å². The molecule has 0 saturated heterocycles. The average Bonchev–Trinajstić information content (AvgIpc) is 2.62. The summed E-state index contributed by atoms with van der Waals surface area (Å²) in [5.74, 6) is -2.07. The van der Waals surface area contributed by atoms with E-state index in [4.69, 9.17) is 0 Å². The molecule has 3 rings (SSSR count). The molecule has 0 fully saturated rings. The smallest absolute Gasteiger partial charge is 0.204 e. The van der Waals surface area contributed by atoms with Crippen LogP contribution in [0.3, 0.4) is 0 Å². The highest BCUT2D eigenvalue weighted by atomic mass is 32.2. The minimum absolute atomic E-state index is 0.0748. The minimum Gasteiger partial charge on any atom is -0.293 e. The van der Waals surface area contributed by atoms with Gasteiger partial charge in [-0.3, -0.25) is 4.79 Å². The van der Waals surface area contributed by atoms with E-state index in [1.807, 2.05) is 26.0 Å². The lowest BCUT2D eigenvalue weighted by Gasteiger charge is -2.09. The lowest BCUT2D eigenvalue weighted by atomic mass is 10.1. The quantitative estimate of drug-likeness (QED) is 0.644. The van der Waals surface area contributed by atoms with Gasteiger partial charge in [0.2, 0.25) is 9.84 Å². The number of fused-ring (bicyclic) bond motifs is 1. The lowest BCUT2D eigenvalue weighted by Crippen LogP contribution is -2.18. The zero-order valence-electron chi connectivity index (χ0n) is 14.7. The van der Waals surface area contributed by atoms with Gasteiger partial charge in [0.1, 0.15) is 17.6 Å². The SMILES string of the molecule is Cc1cc2cc(C#N)c(S(=O)(=O)CC(=O)c3ccc(F)cc3)nc2cc1C. The maximum absolute atomic E-state index is 13.0. The van der Waals surface area contributed by atoms with Crippen molar-refractivity contribution in [3.8, 4) is 6.07 Å². The van der Waals surface area contributed by atoms with Gasteiger partial charge in [-0.2, -0.15) is 5.26 Å².